The summed E-state index contributed by atoms with van der Waals surface area (Å²) in [7, 11) is 0. The number of hydrogen-bond acceptors (Lipinski definition) is 8. The number of benzene rings is 1. The Balaban J connectivity index is 1.58. The fourth-order valence-corrected chi connectivity index (χ4v) is 3.77. The fourth-order valence-electron chi connectivity index (χ4n) is 3.67. The molecule has 0 aromatic heterocycles. The molecule has 3 unspecified atom stereocenters. The van der Waals surface area contributed by atoms with E-state index in [9.17, 15) is 24.6 Å². The van der Waals surface area contributed by atoms with Gasteiger partial charge in [0.25, 0.3) is 0 Å². The number of piperidine rings is 1. The summed E-state index contributed by atoms with van der Waals surface area (Å²) in [5, 5.41) is 29.6. The molecule has 30 heavy (non-hydrogen) atoms. The van der Waals surface area contributed by atoms with Crippen molar-refractivity contribution in [3.63, 3.8) is 0 Å². The Kier molecular flexibility index (Phi) is 7.62. The van der Waals surface area contributed by atoms with E-state index in [2.05, 4.69) is 16.0 Å². The summed E-state index contributed by atoms with van der Waals surface area (Å²) >= 11 is 5.38. The largest absolute Gasteiger partial charge is 0.382 e. The van der Waals surface area contributed by atoms with Crippen LogP contribution in [0.2, 0.25) is 0 Å². The number of ether oxygens (including phenoxy) is 1. The monoisotopic (exact) mass is 440 g/mol. The van der Waals surface area contributed by atoms with E-state index in [-0.39, 0.29) is 30.5 Å². The Morgan fingerprint density at radius 2 is 2.00 bits per heavy atom. The summed E-state index contributed by atoms with van der Waals surface area (Å²) in [6.45, 7) is 1.48. The number of halogens is 1. The molecule has 0 radical (unpaired) electrons. The van der Waals surface area contributed by atoms with E-state index in [4.69, 9.17) is 16.3 Å². The number of aliphatic hydroxyl groups excluding tert-OH is 2. The number of fused-ring (bicyclic) bond motifs is 1. The first kappa shape index (κ1) is 22.4. The van der Waals surface area contributed by atoms with Gasteiger partial charge in [0, 0.05) is 36.3 Å². The van der Waals surface area contributed by atoms with Gasteiger partial charge >= 0.3 is 0 Å². The minimum atomic E-state index is -1.20. The SMILES string of the molecule is O=C(CCl)NCCOCCNc1cccc2c1C(O)N(C1CCC(=O)NC1=O)C2O. The molecule has 2 heterocycles. The zero-order valence-electron chi connectivity index (χ0n) is 16.3. The highest BCUT2D eigenvalue weighted by atomic mass is 35.5. The molecule has 5 N–H and O–H groups in total. The lowest BCUT2D eigenvalue weighted by Gasteiger charge is -2.34. The van der Waals surface area contributed by atoms with Gasteiger partial charge in [0.1, 0.15) is 18.3 Å². The summed E-state index contributed by atoms with van der Waals surface area (Å²) in [5.41, 5.74) is 1.61. The molecule has 0 aliphatic carbocycles. The van der Waals surface area contributed by atoms with Crippen molar-refractivity contribution < 1.29 is 29.3 Å². The van der Waals surface area contributed by atoms with E-state index < -0.39 is 24.4 Å². The summed E-state index contributed by atoms with van der Waals surface area (Å²) in [6, 6.07) is 4.40. The Hall–Kier alpha value is -2.24. The molecular weight excluding hydrogens is 416 g/mol. The fraction of sp³-hybridized carbons (Fsp3) is 0.526. The van der Waals surface area contributed by atoms with E-state index in [1.807, 2.05) is 0 Å². The third kappa shape index (κ3) is 4.90. The second kappa shape index (κ2) is 10.2. The van der Waals surface area contributed by atoms with Crippen LogP contribution in [0.3, 0.4) is 0 Å². The predicted octanol–water partition coefficient (Wildman–Crippen LogP) is -0.427. The van der Waals surface area contributed by atoms with Crippen molar-refractivity contribution >= 4 is 35.0 Å². The number of carbonyl (C=O) groups is 3. The van der Waals surface area contributed by atoms with Gasteiger partial charge in [-0.05, 0) is 12.5 Å². The van der Waals surface area contributed by atoms with E-state index >= 15 is 0 Å². The van der Waals surface area contributed by atoms with Crippen LogP contribution in [0, 0.1) is 0 Å². The van der Waals surface area contributed by atoms with Crippen molar-refractivity contribution in [1.29, 1.82) is 0 Å². The van der Waals surface area contributed by atoms with Gasteiger partial charge in [0.15, 0.2) is 0 Å². The number of nitrogens with zero attached hydrogens (tertiary/aromatic N) is 1. The number of amides is 3. The number of hydrogen-bond donors (Lipinski definition) is 5. The highest BCUT2D eigenvalue weighted by Gasteiger charge is 2.45. The Labute approximate surface area is 178 Å². The van der Waals surface area contributed by atoms with E-state index in [0.717, 1.165) is 0 Å². The number of anilines is 1. The number of nitrogens with one attached hydrogen (secondary N) is 3. The van der Waals surface area contributed by atoms with Crippen molar-refractivity contribution in [3.05, 3.63) is 29.3 Å². The molecule has 11 heteroatoms. The van der Waals surface area contributed by atoms with Gasteiger partial charge in [-0.25, -0.2) is 4.90 Å². The highest BCUT2D eigenvalue weighted by Crippen LogP contribution is 2.45. The topological polar surface area (TPSA) is 140 Å². The number of carbonyl (C=O) groups excluding carboxylic acids is 3. The van der Waals surface area contributed by atoms with Crippen molar-refractivity contribution in [3.8, 4) is 0 Å². The lowest BCUT2D eigenvalue weighted by atomic mass is 10.0. The van der Waals surface area contributed by atoms with Gasteiger partial charge in [-0.2, -0.15) is 0 Å². The molecule has 3 amide bonds. The van der Waals surface area contributed by atoms with Crippen molar-refractivity contribution in [1.82, 2.24) is 15.5 Å². The minimum Gasteiger partial charge on any atom is -0.382 e. The summed E-state index contributed by atoms with van der Waals surface area (Å²) in [5.74, 6) is -1.24. The van der Waals surface area contributed by atoms with Crippen molar-refractivity contribution in [2.45, 2.75) is 31.3 Å². The van der Waals surface area contributed by atoms with Crippen LogP contribution in [0.1, 0.15) is 36.4 Å². The molecule has 2 aliphatic heterocycles. The Bertz CT molecular complexity index is 807. The van der Waals surface area contributed by atoms with Crippen molar-refractivity contribution in [2.24, 2.45) is 0 Å². The van der Waals surface area contributed by atoms with Crippen LogP contribution in [0.5, 0.6) is 0 Å². The number of rotatable bonds is 9. The molecule has 3 atom stereocenters. The first-order valence-corrected chi connectivity index (χ1v) is 10.2. The van der Waals surface area contributed by atoms with Crippen LogP contribution >= 0.6 is 11.6 Å². The molecule has 10 nitrogen and oxygen atoms in total. The maximum absolute atomic E-state index is 12.2. The van der Waals surface area contributed by atoms with Gasteiger partial charge in [0.2, 0.25) is 17.7 Å². The van der Waals surface area contributed by atoms with E-state index in [1.165, 1.54) is 4.90 Å². The molecule has 1 aromatic carbocycles. The second-order valence-corrected chi connectivity index (χ2v) is 7.26. The van der Waals surface area contributed by atoms with E-state index in [0.29, 0.717) is 43.1 Å². The normalized spacial score (nSPS) is 23.8. The van der Waals surface area contributed by atoms with Gasteiger partial charge in [-0.1, -0.05) is 12.1 Å². The lowest BCUT2D eigenvalue weighted by Crippen LogP contribution is -2.52. The van der Waals surface area contributed by atoms with E-state index in [1.54, 1.807) is 18.2 Å². The minimum absolute atomic E-state index is 0.0926. The smallest absolute Gasteiger partial charge is 0.244 e. The second-order valence-electron chi connectivity index (χ2n) is 6.99. The molecule has 3 rings (SSSR count). The average molecular weight is 441 g/mol. The molecule has 1 fully saturated rings. The molecular formula is C19H25ClN4O6. The average Bonchev–Trinajstić information content (AvgIpc) is 2.98. The number of imide groups is 1. The van der Waals surface area contributed by atoms with Crippen LogP contribution in [-0.2, 0) is 19.1 Å². The molecule has 1 saturated heterocycles. The first-order valence-electron chi connectivity index (χ1n) is 9.68. The Morgan fingerprint density at radius 3 is 2.73 bits per heavy atom. The molecule has 1 aromatic rings. The van der Waals surface area contributed by atoms with Crippen LogP contribution < -0.4 is 16.0 Å². The van der Waals surface area contributed by atoms with Gasteiger partial charge in [0.05, 0.1) is 19.3 Å². The van der Waals surface area contributed by atoms with Gasteiger partial charge < -0.3 is 25.6 Å². The summed E-state index contributed by atoms with van der Waals surface area (Å²) in [6.07, 6.45) is -1.99. The molecule has 164 valence electrons. The van der Waals surface area contributed by atoms with Gasteiger partial charge in [-0.3, -0.25) is 19.7 Å². The first-order chi connectivity index (χ1) is 14.4. The van der Waals surface area contributed by atoms with Crippen LogP contribution in [0.4, 0.5) is 5.69 Å². The summed E-state index contributed by atoms with van der Waals surface area (Å²) in [4.78, 5) is 36.0. The predicted molar refractivity (Wildman–Crippen MR) is 107 cm³/mol. The number of alkyl halides is 1. The third-order valence-electron chi connectivity index (χ3n) is 5.06. The van der Waals surface area contributed by atoms with Gasteiger partial charge in [-0.15, -0.1) is 11.6 Å². The van der Waals surface area contributed by atoms with Crippen molar-refractivity contribution in [2.75, 3.05) is 37.5 Å². The van der Waals surface area contributed by atoms with Crippen LogP contribution in [0.15, 0.2) is 18.2 Å². The lowest BCUT2D eigenvalue weighted by molar-refractivity contribution is -0.154. The highest BCUT2D eigenvalue weighted by molar-refractivity contribution is 6.27. The third-order valence-corrected chi connectivity index (χ3v) is 5.31. The Morgan fingerprint density at radius 1 is 1.23 bits per heavy atom. The molecule has 0 spiro atoms. The standard InChI is InChI=1S/C19H25ClN4O6/c20-10-15(26)22-7-9-30-8-6-21-12-3-1-2-11-16(12)19(29)24(18(11)28)13-4-5-14(25)23-17(13)27/h1-3,13,18-19,21,28-29H,4-10H2,(H,22,26)(H,23,25,27). The summed E-state index contributed by atoms with van der Waals surface area (Å²) < 4.78 is 5.43. The maximum atomic E-state index is 12.2. The number of aliphatic hydroxyl groups is 2. The zero-order chi connectivity index (χ0) is 21.7. The molecule has 0 saturated carbocycles. The maximum Gasteiger partial charge on any atom is 0.244 e. The molecule has 0 bridgehead atoms. The molecule has 2 aliphatic rings. The van der Waals surface area contributed by atoms with Crippen LogP contribution in [-0.4, -0.2) is 71.1 Å². The quantitative estimate of drug-likeness (QED) is 0.198. The zero-order valence-corrected chi connectivity index (χ0v) is 17.0. The van der Waals surface area contributed by atoms with Crippen LogP contribution in [0.25, 0.3) is 0 Å².